The Morgan fingerprint density at radius 1 is 1.57 bits per heavy atom. The van der Waals surface area contributed by atoms with Crippen LogP contribution in [0.4, 0.5) is 4.39 Å². The summed E-state index contributed by atoms with van der Waals surface area (Å²) in [5.74, 6) is -0.791. The summed E-state index contributed by atoms with van der Waals surface area (Å²) in [6, 6.07) is 2.85. The molecule has 0 bridgehead atoms. The number of rotatable bonds is 2. The fourth-order valence-corrected chi connectivity index (χ4v) is 1.59. The van der Waals surface area contributed by atoms with Gasteiger partial charge in [-0.2, -0.15) is 4.39 Å². The second kappa shape index (κ2) is 3.04. The lowest BCUT2D eigenvalue weighted by Gasteiger charge is -2.11. The number of hydrogen-bond donors (Lipinski definition) is 0. The van der Waals surface area contributed by atoms with E-state index in [1.165, 1.54) is 19.4 Å². The molecule has 1 fully saturated rings. The van der Waals surface area contributed by atoms with Crippen molar-refractivity contribution in [2.24, 2.45) is 0 Å². The zero-order valence-electron chi connectivity index (χ0n) is 7.79. The summed E-state index contributed by atoms with van der Waals surface area (Å²) < 4.78 is 17.3. The Bertz CT molecular complexity index is 357. The Morgan fingerprint density at radius 3 is 2.71 bits per heavy atom. The molecular weight excluding hydrogens is 185 g/mol. The molecule has 0 spiro atoms. The molecule has 1 heterocycles. The van der Waals surface area contributed by atoms with Gasteiger partial charge in [0, 0.05) is 6.20 Å². The summed E-state index contributed by atoms with van der Waals surface area (Å²) >= 11 is 0. The minimum atomic E-state index is -0.546. The number of hydrogen-bond acceptors (Lipinski definition) is 3. The molecule has 0 N–H and O–H groups in total. The molecule has 0 amide bonds. The predicted octanol–water partition coefficient (Wildman–Crippen LogP) is 1.43. The number of halogens is 1. The van der Waals surface area contributed by atoms with Crippen molar-refractivity contribution in [2.45, 2.75) is 18.3 Å². The predicted molar refractivity (Wildman–Crippen MR) is 47.1 cm³/mol. The van der Waals surface area contributed by atoms with Crippen molar-refractivity contribution in [3.63, 3.8) is 0 Å². The molecular formula is C10H10FNO2. The number of ether oxygens (including phenoxy) is 1. The average molecular weight is 195 g/mol. The van der Waals surface area contributed by atoms with E-state index < -0.39 is 11.4 Å². The van der Waals surface area contributed by atoms with E-state index in [0.29, 0.717) is 0 Å². The van der Waals surface area contributed by atoms with Gasteiger partial charge in [0.05, 0.1) is 12.5 Å². The lowest BCUT2D eigenvalue weighted by atomic mass is 9.98. The van der Waals surface area contributed by atoms with E-state index in [1.807, 2.05) is 0 Å². The van der Waals surface area contributed by atoms with Gasteiger partial charge in [-0.3, -0.25) is 4.79 Å². The van der Waals surface area contributed by atoms with Crippen molar-refractivity contribution in [1.29, 1.82) is 0 Å². The van der Waals surface area contributed by atoms with Gasteiger partial charge < -0.3 is 4.74 Å². The number of pyridine rings is 1. The van der Waals surface area contributed by atoms with Crippen LogP contribution in [-0.2, 0) is 14.9 Å². The van der Waals surface area contributed by atoms with E-state index in [4.69, 9.17) is 4.74 Å². The molecule has 1 aliphatic carbocycles. The zero-order valence-corrected chi connectivity index (χ0v) is 7.79. The normalized spacial score (nSPS) is 17.6. The monoisotopic (exact) mass is 195 g/mol. The zero-order chi connectivity index (χ0) is 10.2. The molecule has 4 heteroatoms. The van der Waals surface area contributed by atoms with E-state index in [2.05, 4.69) is 4.98 Å². The summed E-state index contributed by atoms with van der Waals surface area (Å²) in [6.45, 7) is 0. The fraction of sp³-hybridized carbons (Fsp3) is 0.400. The van der Waals surface area contributed by atoms with Crippen LogP contribution < -0.4 is 0 Å². The first kappa shape index (κ1) is 9.12. The van der Waals surface area contributed by atoms with Gasteiger partial charge in [-0.05, 0) is 24.5 Å². The number of esters is 1. The number of aromatic nitrogens is 1. The molecule has 2 rings (SSSR count). The molecule has 14 heavy (non-hydrogen) atoms. The van der Waals surface area contributed by atoms with Crippen molar-refractivity contribution < 1.29 is 13.9 Å². The summed E-state index contributed by atoms with van der Waals surface area (Å²) in [6.07, 6.45) is 2.92. The Labute approximate surface area is 80.9 Å². The van der Waals surface area contributed by atoms with Crippen molar-refractivity contribution in [3.8, 4) is 0 Å². The van der Waals surface area contributed by atoms with Crippen molar-refractivity contribution >= 4 is 5.97 Å². The molecule has 0 unspecified atom stereocenters. The van der Waals surface area contributed by atoms with Crippen LogP contribution in [0, 0.1) is 5.95 Å². The first-order chi connectivity index (χ1) is 6.69. The van der Waals surface area contributed by atoms with E-state index >= 15 is 0 Å². The van der Waals surface area contributed by atoms with Gasteiger partial charge in [-0.1, -0.05) is 6.07 Å². The third kappa shape index (κ3) is 1.27. The molecule has 0 aliphatic heterocycles. The average Bonchev–Trinajstić information content (AvgIpc) is 2.99. The van der Waals surface area contributed by atoms with Crippen LogP contribution in [0.25, 0.3) is 0 Å². The van der Waals surface area contributed by atoms with Crippen LogP contribution in [0.5, 0.6) is 0 Å². The minimum Gasteiger partial charge on any atom is -0.468 e. The topological polar surface area (TPSA) is 39.2 Å². The SMILES string of the molecule is COC(=O)C1(c2ccc(F)nc2)CC1. The van der Waals surface area contributed by atoms with Gasteiger partial charge >= 0.3 is 5.97 Å². The first-order valence-electron chi connectivity index (χ1n) is 4.39. The van der Waals surface area contributed by atoms with Crippen LogP contribution >= 0.6 is 0 Å². The van der Waals surface area contributed by atoms with Crippen LogP contribution in [0.15, 0.2) is 18.3 Å². The van der Waals surface area contributed by atoms with Gasteiger partial charge in [-0.15, -0.1) is 0 Å². The smallest absolute Gasteiger partial charge is 0.316 e. The third-order valence-electron chi connectivity index (χ3n) is 2.61. The Hall–Kier alpha value is -1.45. The van der Waals surface area contributed by atoms with Crippen LogP contribution in [0.2, 0.25) is 0 Å². The maximum atomic E-state index is 12.6. The summed E-state index contributed by atoms with van der Waals surface area (Å²) in [4.78, 5) is 15.0. The van der Waals surface area contributed by atoms with Gasteiger partial charge in [0.1, 0.15) is 0 Å². The standard InChI is InChI=1S/C10H10FNO2/c1-14-9(13)10(4-5-10)7-2-3-8(11)12-6-7/h2-3,6H,4-5H2,1H3. The number of methoxy groups -OCH3 is 1. The number of carbonyl (C=O) groups excluding carboxylic acids is 1. The van der Waals surface area contributed by atoms with Crippen molar-refractivity contribution in [1.82, 2.24) is 4.98 Å². The molecule has 0 saturated heterocycles. The highest BCUT2D eigenvalue weighted by molar-refractivity contribution is 5.86. The molecule has 1 saturated carbocycles. The van der Waals surface area contributed by atoms with Crippen molar-refractivity contribution in [2.75, 3.05) is 7.11 Å². The fourth-order valence-electron chi connectivity index (χ4n) is 1.59. The molecule has 74 valence electrons. The van der Waals surface area contributed by atoms with Gasteiger partial charge in [-0.25, -0.2) is 4.98 Å². The van der Waals surface area contributed by atoms with E-state index in [-0.39, 0.29) is 5.97 Å². The van der Waals surface area contributed by atoms with Gasteiger partial charge in [0.25, 0.3) is 0 Å². The molecule has 1 aliphatic rings. The minimum absolute atomic E-state index is 0.258. The Kier molecular flexibility index (Phi) is 1.98. The Balaban J connectivity index is 2.31. The largest absolute Gasteiger partial charge is 0.468 e. The van der Waals surface area contributed by atoms with Crippen LogP contribution in [0.3, 0.4) is 0 Å². The molecule has 1 aromatic heterocycles. The van der Waals surface area contributed by atoms with Gasteiger partial charge in [0.2, 0.25) is 5.95 Å². The summed E-state index contributed by atoms with van der Waals surface area (Å²) in [7, 11) is 1.36. The second-order valence-corrected chi connectivity index (χ2v) is 3.44. The van der Waals surface area contributed by atoms with E-state index in [0.717, 1.165) is 18.4 Å². The lowest BCUT2D eigenvalue weighted by Crippen LogP contribution is -2.22. The molecule has 3 nitrogen and oxygen atoms in total. The second-order valence-electron chi connectivity index (χ2n) is 3.44. The van der Waals surface area contributed by atoms with Crippen LogP contribution in [-0.4, -0.2) is 18.1 Å². The Morgan fingerprint density at radius 2 is 2.29 bits per heavy atom. The third-order valence-corrected chi connectivity index (χ3v) is 2.61. The summed E-state index contributed by atoms with van der Waals surface area (Å²) in [5.41, 5.74) is 0.195. The quantitative estimate of drug-likeness (QED) is 0.529. The lowest BCUT2D eigenvalue weighted by molar-refractivity contribution is -0.143. The number of nitrogens with zero attached hydrogens (tertiary/aromatic N) is 1. The molecule has 0 radical (unpaired) electrons. The highest BCUT2D eigenvalue weighted by Crippen LogP contribution is 2.48. The maximum Gasteiger partial charge on any atom is 0.316 e. The highest BCUT2D eigenvalue weighted by Gasteiger charge is 2.52. The maximum absolute atomic E-state index is 12.6. The van der Waals surface area contributed by atoms with Crippen LogP contribution in [0.1, 0.15) is 18.4 Å². The highest BCUT2D eigenvalue weighted by atomic mass is 19.1. The molecule has 1 aromatic rings. The van der Waals surface area contributed by atoms with Gasteiger partial charge in [0.15, 0.2) is 0 Å². The first-order valence-corrected chi connectivity index (χ1v) is 4.39. The van der Waals surface area contributed by atoms with E-state index in [9.17, 15) is 9.18 Å². The number of carbonyl (C=O) groups is 1. The molecule has 0 atom stereocenters. The molecule has 0 aromatic carbocycles. The summed E-state index contributed by atoms with van der Waals surface area (Å²) in [5, 5.41) is 0. The van der Waals surface area contributed by atoms with Crippen molar-refractivity contribution in [3.05, 3.63) is 29.8 Å². The van der Waals surface area contributed by atoms with E-state index in [1.54, 1.807) is 6.07 Å².